The number of carbonyl (C=O) groups is 2. The number of nitrogens with zero attached hydrogens (tertiary/aromatic N) is 5. The second-order valence-electron chi connectivity index (χ2n) is 10.6. The van der Waals surface area contributed by atoms with Crippen LogP contribution in [0.2, 0.25) is 0 Å². The smallest absolute Gasteiger partial charge is 0.290 e. The van der Waals surface area contributed by atoms with E-state index in [4.69, 9.17) is 24.8 Å². The molecule has 0 radical (unpaired) electrons. The Bertz CT molecular complexity index is 1940. The first-order valence-electron chi connectivity index (χ1n) is 14.7. The summed E-state index contributed by atoms with van der Waals surface area (Å²) in [6.07, 6.45) is 11.2. The van der Waals surface area contributed by atoms with Crippen LogP contribution in [0.25, 0.3) is 28.2 Å². The number of hydrogen-bond donors (Lipinski definition) is 2. The summed E-state index contributed by atoms with van der Waals surface area (Å²) < 4.78 is 7.14. The molecule has 0 saturated heterocycles. The lowest BCUT2D eigenvalue weighted by Crippen LogP contribution is -2.27. The van der Waals surface area contributed by atoms with Crippen molar-refractivity contribution in [1.29, 1.82) is 0 Å². The largest absolute Gasteiger partial charge is 0.497 e. The van der Waals surface area contributed by atoms with E-state index in [0.29, 0.717) is 12.0 Å². The summed E-state index contributed by atoms with van der Waals surface area (Å²) in [5.41, 5.74) is 8.51. The normalized spacial score (nSPS) is 14.1. The SMILES string of the molecule is C=C/C=C(\C=C)n1cc(C2CC(c3ccc(OC)cc3)=NN2C(=O)c2cccc(C)c2)c(-c2ccc(-c3cnc[nH]3)cc2)n1.O=CO. The van der Waals surface area contributed by atoms with Crippen LogP contribution < -0.4 is 4.74 Å². The number of carboxylic acid groups (broad SMARTS) is 1. The first-order chi connectivity index (χ1) is 22.9. The average molecular weight is 627 g/mol. The highest BCUT2D eigenvalue weighted by Gasteiger charge is 2.36. The van der Waals surface area contributed by atoms with Crippen LogP contribution in [0.1, 0.15) is 39.5 Å². The van der Waals surface area contributed by atoms with Gasteiger partial charge in [0.25, 0.3) is 12.4 Å². The van der Waals surface area contributed by atoms with E-state index in [9.17, 15) is 4.79 Å². The number of nitrogens with one attached hydrogen (secondary N) is 1. The minimum Gasteiger partial charge on any atom is -0.497 e. The van der Waals surface area contributed by atoms with E-state index in [1.165, 1.54) is 0 Å². The minimum atomic E-state index is -0.411. The van der Waals surface area contributed by atoms with Crippen LogP contribution in [-0.2, 0) is 4.79 Å². The zero-order valence-corrected chi connectivity index (χ0v) is 26.1. The van der Waals surface area contributed by atoms with Gasteiger partial charge in [0.1, 0.15) is 5.75 Å². The fourth-order valence-electron chi connectivity index (χ4n) is 5.38. The van der Waals surface area contributed by atoms with Gasteiger partial charge in [-0.1, -0.05) is 61.2 Å². The number of hydrazone groups is 1. The first-order valence-corrected chi connectivity index (χ1v) is 14.7. The highest BCUT2D eigenvalue weighted by atomic mass is 16.5. The second-order valence-corrected chi connectivity index (χ2v) is 10.6. The quantitative estimate of drug-likeness (QED) is 0.132. The maximum Gasteiger partial charge on any atom is 0.290 e. The molecule has 1 amide bonds. The number of ether oxygens (including phenoxy) is 1. The molecular formula is C37H34N6O4. The number of amides is 1. The Morgan fingerprint density at radius 2 is 1.74 bits per heavy atom. The monoisotopic (exact) mass is 626 g/mol. The Balaban J connectivity index is 0.00000139. The Kier molecular flexibility index (Phi) is 10.0. The van der Waals surface area contributed by atoms with Gasteiger partial charge in [-0.05, 0) is 66.6 Å². The van der Waals surface area contributed by atoms with Gasteiger partial charge >= 0.3 is 0 Å². The number of hydrogen-bond acceptors (Lipinski definition) is 6. The van der Waals surface area contributed by atoms with Crippen molar-refractivity contribution in [3.63, 3.8) is 0 Å². The van der Waals surface area contributed by atoms with E-state index in [1.54, 1.807) is 41.5 Å². The van der Waals surface area contributed by atoms with Gasteiger partial charge in [-0.2, -0.15) is 10.2 Å². The number of rotatable bonds is 9. The van der Waals surface area contributed by atoms with Crippen molar-refractivity contribution >= 4 is 23.8 Å². The lowest BCUT2D eigenvalue weighted by Gasteiger charge is -2.22. The van der Waals surface area contributed by atoms with Gasteiger partial charge in [0.15, 0.2) is 0 Å². The molecule has 0 spiro atoms. The van der Waals surface area contributed by atoms with Gasteiger partial charge in [0.2, 0.25) is 0 Å². The van der Waals surface area contributed by atoms with Crippen LogP contribution in [0.3, 0.4) is 0 Å². The number of H-pyrrole nitrogens is 1. The molecule has 3 heterocycles. The number of aromatic nitrogens is 4. The number of methoxy groups -OCH3 is 1. The van der Waals surface area contributed by atoms with Crippen molar-refractivity contribution < 1.29 is 19.4 Å². The number of aryl methyl sites for hydroxylation is 1. The molecule has 0 saturated carbocycles. The van der Waals surface area contributed by atoms with Gasteiger partial charge in [-0.3, -0.25) is 9.59 Å². The molecule has 1 atom stereocenters. The van der Waals surface area contributed by atoms with Crippen molar-refractivity contribution in [2.75, 3.05) is 7.11 Å². The van der Waals surface area contributed by atoms with E-state index in [1.807, 2.05) is 92.0 Å². The van der Waals surface area contributed by atoms with Crippen molar-refractivity contribution in [2.45, 2.75) is 19.4 Å². The minimum absolute atomic E-state index is 0.180. The highest BCUT2D eigenvalue weighted by Crippen LogP contribution is 2.39. The molecule has 2 aromatic heterocycles. The van der Waals surface area contributed by atoms with Gasteiger partial charge in [0, 0.05) is 29.3 Å². The molecule has 10 nitrogen and oxygen atoms in total. The summed E-state index contributed by atoms with van der Waals surface area (Å²) in [5.74, 6) is 0.575. The third kappa shape index (κ3) is 7.02. The van der Waals surface area contributed by atoms with Crippen molar-refractivity contribution in [1.82, 2.24) is 24.8 Å². The molecule has 47 heavy (non-hydrogen) atoms. The number of benzene rings is 3. The Morgan fingerprint density at radius 1 is 1.04 bits per heavy atom. The van der Waals surface area contributed by atoms with E-state index < -0.39 is 6.04 Å². The summed E-state index contributed by atoms with van der Waals surface area (Å²) in [6.45, 7) is 9.55. The van der Waals surface area contributed by atoms with E-state index in [-0.39, 0.29) is 12.4 Å². The fourth-order valence-corrected chi connectivity index (χ4v) is 5.38. The van der Waals surface area contributed by atoms with Gasteiger partial charge in [0.05, 0.1) is 48.5 Å². The first kappa shape index (κ1) is 32.1. The third-order valence-electron chi connectivity index (χ3n) is 7.64. The molecule has 236 valence electrons. The average Bonchev–Trinajstić information content (AvgIpc) is 3.88. The van der Waals surface area contributed by atoms with E-state index in [0.717, 1.165) is 56.4 Å². The molecule has 1 aliphatic rings. The molecule has 5 aromatic rings. The van der Waals surface area contributed by atoms with Crippen molar-refractivity contribution in [2.24, 2.45) is 5.10 Å². The predicted molar refractivity (Wildman–Crippen MR) is 183 cm³/mol. The maximum absolute atomic E-state index is 14.1. The molecular weight excluding hydrogens is 592 g/mol. The number of carbonyl (C=O) groups excluding carboxylic acids is 1. The van der Waals surface area contributed by atoms with Crippen LogP contribution in [0.5, 0.6) is 5.75 Å². The molecule has 0 bridgehead atoms. The fraction of sp³-hybridized carbons (Fsp3) is 0.108. The maximum atomic E-state index is 14.1. The molecule has 1 aliphatic heterocycles. The second kappa shape index (κ2) is 14.7. The predicted octanol–water partition coefficient (Wildman–Crippen LogP) is 7.16. The summed E-state index contributed by atoms with van der Waals surface area (Å²) in [4.78, 5) is 29.8. The van der Waals surface area contributed by atoms with Gasteiger partial charge in [-0.15, -0.1) is 0 Å². The number of allylic oxidation sites excluding steroid dienone is 4. The van der Waals surface area contributed by atoms with E-state index in [2.05, 4.69) is 23.1 Å². The van der Waals surface area contributed by atoms with Crippen LogP contribution in [0, 0.1) is 6.92 Å². The zero-order chi connectivity index (χ0) is 33.3. The lowest BCUT2D eigenvalue weighted by atomic mass is 9.95. The van der Waals surface area contributed by atoms with Crippen molar-refractivity contribution in [3.05, 3.63) is 145 Å². The third-order valence-corrected chi connectivity index (χ3v) is 7.64. The summed E-state index contributed by atoms with van der Waals surface area (Å²) >= 11 is 0. The van der Waals surface area contributed by atoms with Gasteiger partial charge in [-0.25, -0.2) is 14.7 Å². The van der Waals surface area contributed by atoms with Crippen LogP contribution >= 0.6 is 0 Å². The van der Waals surface area contributed by atoms with Crippen LogP contribution in [-0.4, -0.2) is 55.1 Å². The van der Waals surface area contributed by atoms with Crippen molar-refractivity contribution in [3.8, 4) is 28.3 Å². The number of aromatic amines is 1. The zero-order valence-electron chi connectivity index (χ0n) is 26.1. The van der Waals surface area contributed by atoms with Crippen LogP contribution in [0.4, 0.5) is 0 Å². The Labute approximate surface area is 272 Å². The molecule has 3 aromatic carbocycles. The molecule has 6 rings (SSSR count). The summed E-state index contributed by atoms with van der Waals surface area (Å²) in [5, 5.41) is 18.4. The molecule has 0 fully saturated rings. The molecule has 2 N–H and O–H groups in total. The summed E-state index contributed by atoms with van der Waals surface area (Å²) in [7, 11) is 1.64. The van der Waals surface area contributed by atoms with Crippen LogP contribution in [0.15, 0.2) is 128 Å². The highest BCUT2D eigenvalue weighted by molar-refractivity contribution is 6.05. The summed E-state index contributed by atoms with van der Waals surface area (Å²) in [6, 6.07) is 23.0. The van der Waals surface area contributed by atoms with Gasteiger partial charge < -0.3 is 14.8 Å². The standard InChI is InChI=1S/C36H32N6O2.CH2O2/c1-5-8-29(6-2)41-22-31(35(40-41)27-13-11-26(12-14-27)33-21-37-23-38-33)34-20-32(25-15-17-30(44-4)18-16-25)39-42(34)36(43)28-10-7-9-24(3)19-28;2-1-3/h5-19,21-23,34H,1-2,20H2,3-4H3,(H,37,38);1H,(H,2,3)/b29-8+;. The molecule has 1 unspecified atom stereocenters. The molecule has 10 heteroatoms. The van der Waals surface area contributed by atoms with E-state index >= 15 is 0 Å². The topological polar surface area (TPSA) is 126 Å². The lowest BCUT2D eigenvalue weighted by molar-refractivity contribution is -0.122. The Hall–Kier alpha value is -6.29. The Morgan fingerprint density at radius 3 is 2.36 bits per heavy atom. The number of imidazole rings is 1. The molecule has 0 aliphatic carbocycles.